The van der Waals surface area contributed by atoms with Crippen LogP contribution in [-0.4, -0.2) is 59.5 Å². The number of hydrogen-bond acceptors (Lipinski definition) is 3. The molecule has 0 aromatic carbocycles. The molecule has 5 heteroatoms. The van der Waals surface area contributed by atoms with Gasteiger partial charge in [0.2, 0.25) is 5.91 Å². The number of carbonyl (C=O) groups excluding carboxylic acids is 1. The van der Waals surface area contributed by atoms with Gasteiger partial charge in [0.1, 0.15) is 0 Å². The first kappa shape index (κ1) is 17.0. The first-order valence-corrected chi connectivity index (χ1v) is 7.63. The molecule has 1 aliphatic carbocycles. The van der Waals surface area contributed by atoms with Crippen LogP contribution in [0.25, 0.3) is 0 Å². The zero-order valence-electron chi connectivity index (χ0n) is 13.0. The van der Waals surface area contributed by atoms with Crippen molar-refractivity contribution in [3.8, 4) is 0 Å². The van der Waals surface area contributed by atoms with Gasteiger partial charge in [-0.1, -0.05) is 13.8 Å². The largest absolute Gasteiger partial charge is 0.481 e. The van der Waals surface area contributed by atoms with E-state index in [4.69, 9.17) is 5.11 Å². The highest BCUT2D eigenvalue weighted by atomic mass is 16.4. The average molecular weight is 284 g/mol. The molecule has 1 fully saturated rings. The monoisotopic (exact) mass is 284 g/mol. The molecule has 1 N–H and O–H groups in total. The van der Waals surface area contributed by atoms with Crippen molar-refractivity contribution in [1.29, 1.82) is 0 Å². The Bertz CT molecular complexity index is 325. The van der Waals surface area contributed by atoms with E-state index in [1.54, 1.807) is 0 Å². The van der Waals surface area contributed by atoms with Crippen molar-refractivity contribution >= 4 is 11.9 Å². The topological polar surface area (TPSA) is 60.9 Å². The van der Waals surface area contributed by atoms with Crippen molar-refractivity contribution in [1.82, 2.24) is 9.80 Å². The molecular formula is C15H28N2O3. The van der Waals surface area contributed by atoms with Gasteiger partial charge in [-0.05, 0) is 38.1 Å². The molecule has 1 aliphatic rings. The number of aliphatic carboxylic acids is 1. The van der Waals surface area contributed by atoms with Crippen molar-refractivity contribution < 1.29 is 14.7 Å². The van der Waals surface area contributed by atoms with Crippen molar-refractivity contribution in [2.45, 2.75) is 52.0 Å². The van der Waals surface area contributed by atoms with Gasteiger partial charge < -0.3 is 10.0 Å². The minimum absolute atomic E-state index is 0.0891. The average Bonchev–Trinajstić information content (AvgIpc) is 2.43. The van der Waals surface area contributed by atoms with Crippen LogP contribution < -0.4 is 0 Å². The molecule has 0 radical (unpaired) electrons. The van der Waals surface area contributed by atoms with Gasteiger partial charge >= 0.3 is 5.97 Å². The fraction of sp³-hybridized carbons (Fsp3) is 0.867. The summed E-state index contributed by atoms with van der Waals surface area (Å²) in [5.74, 6) is 0.0692. The van der Waals surface area contributed by atoms with Crippen LogP contribution in [0.3, 0.4) is 0 Å². The maximum Gasteiger partial charge on any atom is 0.304 e. The van der Waals surface area contributed by atoms with Crippen LogP contribution in [0.15, 0.2) is 0 Å². The molecule has 1 saturated carbocycles. The minimum Gasteiger partial charge on any atom is -0.481 e. The normalized spacial score (nSPS) is 22.8. The van der Waals surface area contributed by atoms with Gasteiger partial charge in [0.05, 0.1) is 13.0 Å². The molecule has 0 aliphatic heterocycles. The summed E-state index contributed by atoms with van der Waals surface area (Å²) in [6.45, 7) is 5.69. The van der Waals surface area contributed by atoms with Gasteiger partial charge in [-0.15, -0.1) is 0 Å². The molecule has 1 rings (SSSR count). The van der Waals surface area contributed by atoms with Crippen LogP contribution in [-0.2, 0) is 9.59 Å². The second-order valence-corrected chi connectivity index (χ2v) is 5.93. The molecule has 0 aromatic heterocycles. The third-order valence-electron chi connectivity index (χ3n) is 4.37. The van der Waals surface area contributed by atoms with E-state index in [2.05, 4.69) is 6.92 Å². The summed E-state index contributed by atoms with van der Waals surface area (Å²) in [6, 6.07) is 0.358. The Labute approximate surface area is 121 Å². The molecule has 0 saturated heterocycles. The van der Waals surface area contributed by atoms with Gasteiger partial charge in [-0.3, -0.25) is 14.5 Å². The Balaban J connectivity index is 2.41. The van der Waals surface area contributed by atoms with E-state index < -0.39 is 5.97 Å². The Morgan fingerprint density at radius 1 is 1.20 bits per heavy atom. The maximum absolute atomic E-state index is 12.3. The number of hydrogen-bond donors (Lipinski definition) is 1. The number of amides is 1. The van der Waals surface area contributed by atoms with E-state index >= 15 is 0 Å². The summed E-state index contributed by atoms with van der Waals surface area (Å²) in [5.41, 5.74) is 0. The first-order valence-electron chi connectivity index (χ1n) is 7.63. The summed E-state index contributed by atoms with van der Waals surface area (Å²) in [5, 5.41) is 8.71. The first-order chi connectivity index (χ1) is 9.43. The van der Waals surface area contributed by atoms with E-state index in [1.807, 2.05) is 23.8 Å². The lowest BCUT2D eigenvalue weighted by Gasteiger charge is -2.34. The molecule has 0 spiro atoms. The van der Waals surface area contributed by atoms with Crippen LogP contribution >= 0.6 is 0 Å². The summed E-state index contributed by atoms with van der Waals surface area (Å²) >= 11 is 0. The number of nitrogens with zero attached hydrogens (tertiary/aromatic N) is 2. The van der Waals surface area contributed by atoms with Crippen LogP contribution in [0.5, 0.6) is 0 Å². The molecule has 0 atom stereocenters. The predicted molar refractivity (Wildman–Crippen MR) is 78.6 cm³/mol. The Hall–Kier alpha value is -1.10. The molecule has 0 bridgehead atoms. The molecule has 116 valence electrons. The van der Waals surface area contributed by atoms with Gasteiger partial charge in [-0.25, -0.2) is 0 Å². The minimum atomic E-state index is -0.814. The summed E-state index contributed by atoms with van der Waals surface area (Å²) in [4.78, 5) is 26.6. The third kappa shape index (κ3) is 5.49. The van der Waals surface area contributed by atoms with E-state index in [9.17, 15) is 9.59 Å². The highest BCUT2D eigenvalue weighted by molar-refractivity contribution is 5.78. The van der Waals surface area contributed by atoms with Gasteiger partial charge in [-0.2, -0.15) is 0 Å². The van der Waals surface area contributed by atoms with Gasteiger partial charge in [0.15, 0.2) is 0 Å². The summed E-state index contributed by atoms with van der Waals surface area (Å²) < 4.78 is 0. The van der Waals surface area contributed by atoms with Gasteiger partial charge in [0.25, 0.3) is 0 Å². The van der Waals surface area contributed by atoms with Crippen LogP contribution in [0, 0.1) is 5.92 Å². The fourth-order valence-corrected chi connectivity index (χ4v) is 2.74. The standard InChI is InChI=1S/C15H28N2O3/c1-4-17(10-9-15(19)20)11-14(18)16(3)13-7-5-12(2)6-8-13/h12-13H,4-11H2,1-3H3,(H,19,20). The highest BCUT2D eigenvalue weighted by Crippen LogP contribution is 2.26. The molecule has 5 nitrogen and oxygen atoms in total. The smallest absolute Gasteiger partial charge is 0.304 e. The second kappa shape index (κ2) is 8.25. The van der Waals surface area contributed by atoms with E-state index in [0.29, 0.717) is 25.7 Å². The Morgan fingerprint density at radius 3 is 2.30 bits per heavy atom. The lowest BCUT2D eigenvalue weighted by atomic mass is 9.87. The molecule has 0 unspecified atom stereocenters. The van der Waals surface area contributed by atoms with Crippen LogP contribution in [0.1, 0.15) is 46.0 Å². The van der Waals surface area contributed by atoms with Crippen molar-refractivity contribution in [3.63, 3.8) is 0 Å². The second-order valence-electron chi connectivity index (χ2n) is 5.93. The van der Waals surface area contributed by atoms with Crippen molar-refractivity contribution in [2.24, 2.45) is 5.92 Å². The number of carboxylic acids is 1. The van der Waals surface area contributed by atoms with E-state index in [1.165, 1.54) is 12.8 Å². The molecular weight excluding hydrogens is 256 g/mol. The zero-order valence-corrected chi connectivity index (χ0v) is 13.0. The summed E-state index contributed by atoms with van der Waals surface area (Å²) in [7, 11) is 1.88. The zero-order chi connectivity index (χ0) is 15.1. The fourth-order valence-electron chi connectivity index (χ4n) is 2.74. The van der Waals surface area contributed by atoms with Crippen LogP contribution in [0.2, 0.25) is 0 Å². The highest BCUT2D eigenvalue weighted by Gasteiger charge is 2.25. The number of rotatable bonds is 7. The Kier molecular flexibility index (Phi) is 6.99. The molecule has 0 heterocycles. The predicted octanol–water partition coefficient (Wildman–Crippen LogP) is 1.82. The summed E-state index contributed by atoms with van der Waals surface area (Å²) in [6.07, 6.45) is 4.65. The van der Waals surface area contributed by atoms with Gasteiger partial charge in [0, 0.05) is 19.6 Å². The lowest BCUT2D eigenvalue weighted by Crippen LogP contribution is -2.45. The van der Waals surface area contributed by atoms with Crippen LogP contribution in [0.4, 0.5) is 0 Å². The van der Waals surface area contributed by atoms with Crippen molar-refractivity contribution in [3.05, 3.63) is 0 Å². The maximum atomic E-state index is 12.3. The lowest BCUT2D eigenvalue weighted by molar-refractivity contribution is -0.139. The quantitative estimate of drug-likeness (QED) is 0.774. The number of carbonyl (C=O) groups is 2. The third-order valence-corrected chi connectivity index (χ3v) is 4.37. The SMILES string of the molecule is CCN(CCC(=O)O)CC(=O)N(C)C1CCC(C)CC1. The van der Waals surface area contributed by atoms with E-state index in [-0.39, 0.29) is 12.3 Å². The molecule has 1 amide bonds. The number of carboxylic acid groups (broad SMARTS) is 1. The molecule has 0 aromatic rings. The Morgan fingerprint density at radius 2 is 1.80 bits per heavy atom. The number of likely N-dealkylation sites (N-methyl/N-ethyl adjacent to an activating group) is 2. The van der Waals surface area contributed by atoms with Crippen molar-refractivity contribution in [2.75, 3.05) is 26.7 Å². The molecule has 20 heavy (non-hydrogen) atoms. The van der Waals surface area contributed by atoms with E-state index in [0.717, 1.165) is 18.8 Å².